The van der Waals surface area contributed by atoms with Crippen molar-refractivity contribution in [2.24, 2.45) is 0 Å². The molecule has 0 bridgehead atoms. The second-order valence-electron chi connectivity index (χ2n) is 3.93. The van der Waals surface area contributed by atoms with E-state index in [-0.39, 0.29) is 5.56 Å². The third-order valence-corrected chi connectivity index (χ3v) is 2.63. The number of aromatic carboxylic acids is 1. The molecular formula is C14H12FNO2. The molecule has 0 aromatic heterocycles. The molecule has 0 aliphatic carbocycles. The van der Waals surface area contributed by atoms with Gasteiger partial charge in [-0.2, -0.15) is 0 Å². The molecule has 18 heavy (non-hydrogen) atoms. The number of nitrogens with one attached hydrogen (secondary N) is 1. The molecule has 0 atom stereocenters. The van der Waals surface area contributed by atoms with Crippen molar-refractivity contribution in [1.82, 2.24) is 0 Å². The molecular weight excluding hydrogens is 233 g/mol. The number of rotatable bonds is 3. The van der Waals surface area contributed by atoms with Gasteiger partial charge in [-0.15, -0.1) is 0 Å². The number of benzene rings is 2. The standard InChI is InChI=1S/C14H12FNO2/c1-9-4-2-3-5-12(9)16-13-7-6-10(15)8-11(13)14(17)18/h2-8,16H,1H3,(H,17,18). The fraction of sp³-hybridized carbons (Fsp3) is 0.0714. The van der Waals surface area contributed by atoms with Crippen LogP contribution in [-0.4, -0.2) is 11.1 Å². The van der Waals surface area contributed by atoms with Crippen molar-refractivity contribution in [3.8, 4) is 0 Å². The predicted octanol–water partition coefficient (Wildman–Crippen LogP) is 3.58. The Morgan fingerprint density at radius 2 is 1.89 bits per heavy atom. The Balaban J connectivity index is 2.41. The van der Waals surface area contributed by atoms with E-state index in [9.17, 15) is 9.18 Å². The van der Waals surface area contributed by atoms with Crippen LogP contribution in [-0.2, 0) is 0 Å². The van der Waals surface area contributed by atoms with Crippen LogP contribution in [0.15, 0.2) is 42.5 Å². The number of aryl methyl sites for hydroxylation is 1. The van der Waals surface area contributed by atoms with Gasteiger partial charge in [0, 0.05) is 5.69 Å². The molecule has 0 aliphatic heterocycles. The molecule has 2 aromatic carbocycles. The van der Waals surface area contributed by atoms with Crippen LogP contribution >= 0.6 is 0 Å². The van der Waals surface area contributed by atoms with Gasteiger partial charge >= 0.3 is 5.97 Å². The number of para-hydroxylation sites is 1. The average Bonchev–Trinajstić information content (AvgIpc) is 2.34. The van der Waals surface area contributed by atoms with Gasteiger partial charge in [-0.1, -0.05) is 18.2 Å². The van der Waals surface area contributed by atoms with Crippen molar-refractivity contribution in [3.63, 3.8) is 0 Å². The third kappa shape index (κ3) is 2.48. The van der Waals surface area contributed by atoms with E-state index >= 15 is 0 Å². The second-order valence-corrected chi connectivity index (χ2v) is 3.93. The van der Waals surface area contributed by atoms with Gasteiger partial charge in [0.15, 0.2) is 0 Å². The first-order valence-electron chi connectivity index (χ1n) is 5.43. The number of anilines is 2. The number of halogens is 1. The minimum Gasteiger partial charge on any atom is -0.478 e. The summed E-state index contributed by atoms with van der Waals surface area (Å²) in [7, 11) is 0. The summed E-state index contributed by atoms with van der Waals surface area (Å²) < 4.78 is 13.0. The minimum atomic E-state index is -1.16. The highest BCUT2D eigenvalue weighted by molar-refractivity contribution is 5.95. The highest BCUT2D eigenvalue weighted by Crippen LogP contribution is 2.24. The van der Waals surface area contributed by atoms with E-state index in [2.05, 4.69) is 5.32 Å². The van der Waals surface area contributed by atoms with Gasteiger partial charge < -0.3 is 10.4 Å². The summed E-state index contributed by atoms with van der Waals surface area (Å²) in [6.07, 6.45) is 0. The van der Waals surface area contributed by atoms with Crippen LogP contribution in [0.1, 0.15) is 15.9 Å². The monoisotopic (exact) mass is 245 g/mol. The first-order chi connectivity index (χ1) is 8.58. The Hall–Kier alpha value is -2.36. The van der Waals surface area contributed by atoms with Crippen molar-refractivity contribution < 1.29 is 14.3 Å². The fourth-order valence-corrected chi connectivity index (χ4v) is 1.66. The Morgan fingerprint density at radius 3 is 2.56 bits per heavy atom. The lowest BCUT2D eigenvalue weighted by molar-refractivity contribution is 0.0697. The molecule has 0 amide bonds. The fourth-order valence-electron chi connectivity index (χ4n) is 1.66. The Morgan fingerprint density at radius 1 is 1.17 bits per heavy atom. The molecule has 0 saturated carbocycles. The third-order valence-electron chi connectivity index (χ3n) is 2.63. The van der Waals surface area contributed by atoms with Crippen LogP contribution in [0.4, 0.5) is 15.8 Å². The summed E-state index contributed by atoms with van der Waals surface area (Å²) in [6, 6.07) is 11.1. The molecule has 3 nitrogen and oxygen atoms in total. The molecule has 92 valence electrons. The Bertz CT molecular complexity index is 596. The largest absolute Gasteiger partial charge is 0.478 e. The van der Waals surface area contributed by atoms with Crippen molar-refractivity contribution in [1.29, 1.82) is 0 Å². The molecule has 0 unspecified atom stereocenters. The molecule has 4 heteroatoms. The lowest BCUT2D eigenvalue weighted by atomic mass is 10.1. The summed E-state index contributed by atoms with van der Waals surface area (Å²) in [5, 5.41) is 12.0. The maximum atomic E-state index is 13.0. The van der Waals surface area contributed by atoms with Crippen LogP contribution in [0.2, 0.25) is 0 Å². The van der Waals surface area contributed by atoms with E-state index in [0.29, 0.717) is 5.69 Å². The van der Waals surface area contributed by atoms with Crippen molar-refractivity contribution >= 4 is 17.3 Å². The number of carboxylic acids is 1. The Kier molecular flexibility index (Phi) is 3.28. The van der Waals surface area contributed by atoms with Crippen LogP contribution in [0.3, 0.4) is 0 Å². The zero-order valence-electron chi connectivity index (χ0n) is 9.77. The summed E-state index contributed by atoms with van der Waals surface area (Å²) in [5.41, 5.74) is 2.07. The van der Waals surface area contributed by atoms with Crippen LogP contribution in [0, 0.1) is 12.7 Å². The molecule has 2 rings (SSSR count). The molecule has 0 spiro atoms. The zero-order chi connectivity index (χ0) is 13.1. The normalized spacial score (nSPS) is 10.1. The van der Waals surface area contributed by atoms with E-state index in [0.717, 1.165) is 17.3 Å². The van der Waals surface area contributed by atoms with Gasteiger partial charge in [0.1, 0.15) is 5.82 Å². The van der Waals surface area contributed by atoms with E-state index in [1.54, 1.807) is 0 Å². The molecule has 0 fully saturated rings. The first-order valence-corrected chi connectivity index (χ1v) is 5.43. The summed E-state index contributed by atoms with van der Waals surface area (Å²) >= 11 is 0. The van der Waals surface area contributed by atoms with Crippen LogP contribution < -0.4 is 5.32 Å². The van der Waals surface area contributed by atoms with Crippen LogP contribution in [0.5, 0.6) is 0 Å². The van der Waals surface area contributed by atoms with Crippen molar-refractivity contribution in [2.75, 3.05) is 5.32 Å². The first kappa shape index (κ1) is 12.1. The number of hydrogen-bond acceptors (Lipinski definition) is 2. The zero-order valence-corrected chi connectivity index (χ0v) is 9.77. The summed E-state index contributed by atoms with van der Waals surface area (Å²) in [4.78, 5) is 11.0. The van der Waals surface area contributed by atoms with E-state index in [4.69, 9.17) is 5.11 Å². The highest BCUT2D eigenvalue weighted by Gasteiger charge is 2.11. The lowest BCUT2D eigenvalue weighted by Crippen LogP contribution is -2.04. The van der Waals surface area contributed by atoms with Gasteiger partial charge in [0.2, 0.25) is 0 Å². The SMILES string of the molecule is Cc1ccccc1Nc1ccc(F)cc1C(=O)O. The van der Waals surface area contributed by atoms with Gasteiger partial charge in [-0.05, 0) is 36.8 Å². The molecule has 0 radical (unpaired) electrons. The summed E-state index contributed by atoms with van der Waals surface area (Å²) in [5.74, 6) is -1.73. The molecule has 0 heterocycles. The minimum absolute atomic E-state index is 0.0850. The lowest BCUT2D eigenvalue weighted by Gasteiger charge is -2.11. The smallest absolute Gasteiger partial charge is 0.337 e. The number of hydrogen-bond donors (Lipinski definition) is 2. The predicted molar refractivity (Wildman–Crippen MR) is 67.8 cm³/mol. The van der Waals surface area contributed by atoms with Gasteiger partial charge in [0.05, 0.1) is 11.3 Å². The number of carboxylic acid groups (broad SMARTS) is 1. The Labute approximate surface area is 104 Å². The molecule has 2 aromatic rings. The van der Waals surface area contributed by atoms with Crippen LogP contribution in [0.25, 0.3) is 0 Å². The van der Waals surface area contributed by atoms with Gasteiger partial charge in [-0.3, -0.25) is 0 Å². The summed E-state index contributed by atoms with van der Waals surface area (Å²) in [6.45, 7) is 1.91. The quantitative estimate of drug-likeness (QED) is 0.869. The molecule has 2 N–H and O–H groups in total. The molecule has 0 saturated heterocycles. The number of carbonyl (C=O) groups is 1. The van der Waals surface area contributed by atoms with E-state index < -0.39 is 11.8 Å². The van der Waals surface area contributed by atoms with E-state index in [1.165, 1.54) is 12.1 Å². The maximum absolute atomic E-state index is 13.0. The molecule has 0 aliphatic rings. The van der Waals surface area contributed by atoms with Gasteiger partial charge in [0.25, 0.3) is 0 Å². The second kappa shape index (κ2) is 4.87. The van der Waals surface area contributed by atoms with Gasteiger partial charge in [-0.25, -0.2) is 9.18 Å². The van der Waals surface area contributed by atoms with E-state index in [1.807, 2.05) is 31.2 Å². The average molecular weight is 245 g/mol. The maximum Gasteiger partial charge on any atom is 0.337 e. The van der Waals surface area contributed by atoms with Crippen molar-refractivity contribution in [2.45, 2.75) is 6.92 Å². The van der Waals surface area contributed by atoms with Crippen molar-refractivity contribution in [3.05, 3.63) is 59.4 Å². The highest BCUT2D eigenvalue weighted by atomic mass is 19.1. The topological polar surface area (TPSA) is 49.3 Å².